The van der Waals surface area contributed by atoms with E-state index >= 15 is 0 Å². The van der Waals surface area contributed by atoms with Crippen LogP contribution in [0.25, 0.3) is 0 Å². The summed E-state index contributed by atoms with van der Waals surface area (Å²) in [6.45, 7) is 2.63. The zero-order valence-electron chi connectivity index (χ0n) is 15.6. The van der Waals surface area contributed by atoms with Crippen LogP contribution in [-0.2, 0) is 20.9 Å². The maximum Gasteiger partial charge on any atom is 0.243 e. The Balaban J connectivity index is 1.48. The Hall–Kier alpha value is -2.67. The minimum Gasteiger partial charge on any atom is -0.347 e. The van der Waals surface area contributed by atoms with Gasteiger partial charge in [0.25, 0.3) is 0 Å². The lowest BCUT2D eigenvalue weighted by atomic mass is 10.1. The predicted octanol–water partition coefficient (Wildman–Crippen LogP) is 2.86. The Morgan fingerprint density at radius 2 is 1.93 bits per heavy atom. The van der Waals surface area contributed by atoms with Crippen molar-refractivity contribution in [3.05, 3.63) is 64.1 Å². The summed E-state index contributed by atoms with van der Waals surface area (Å²) in [5, 5.41) is 5.42. The maximum absolute atomic E-state index is 12.4. The summed E-state index contributed by atoms with van der Waals surface area (Å²) in [6, 6.07) is 15.2. The highest BCUT2D eigenvalue weighted by Gasteiger charge is 2.34. The molecule has 1 atom stereocenters. The quantitative estimate of drug-likeness (QED) is 0.720. The Kier molecular flexibility index (Phi) is 6.46. The van der Waals surface area contributed by atoms with Crippen molar-refractivity contribution in [2.45, 2.75) is 19.9 Å². The molecule has 2 N–H and O–H groups in total. The molecule has 0 aliphatic carbocycles. The molecule has 0 radical (unpaired) electrons. The van der Waals surface area contributed by atoms with Crippen molar-refractivity contribution in [1.82, 2.24) is 10.2 Å². The highest BCUT2D eigenvalue weighted by atomic mass is 79.9. The first kappa shape index (κ1) is 20.1. The lowest BCUT2D eigenvalue weighted by Gasteiger charge is -2.16. The largest absolute Gasteiger partial charge is 0.347 e. The standard InChI is InChI=1S/C21H22BrN3O3/c1-14-9-17(22)7-8-18(14)24-19(26)11-23-21(28)16-10-20(27)25(13-16)12-15-5-3-2-4-6-15/h2-9,16H,10-13H2,1H3,(H,23,28)(H,24,26)/t16-/m1/s1. The van der Waals surface area contributed by atoms with Crippen molar-refractivity contribution in [2.24, 2.45) is 5.92 Å². The van der Waals surface area contributed by atoms with Crippen LogP contribution in [0, 0.1) is 12.8 Å². The van der Waals surface area contributed by atoms with Crippen LogP contribution in [0.15, 0.2) is 53.0 Å². The first-order valence-electron chi connectivity index (χ1n) is 9.08. The topological polar surface area (TPSA) is 78.5 Å². The van der Waals surface area contributed by atoms with Crippen molar-refractivity contribution in [2.75, 3.05) is 18.4 Å². The third-order valence-electron chi connectivity index (χ3n) is 4.69. The van der Waals surface area contributed by atoms with Gasteiger partial charge in [-0.1, -0.05) is 46.3 Å². The Bertz CT molecular complexity index is 886. The van der Waals surface area contributed by atoms with E-state index in [2.05, 4.69) is 26.6 Å². The molecule has 1 fully saturated rings. The molecule has 3 amide bonds. The van der Waals surface area contributed by atoms with Gasteiger partial charge < -0.3 is 15.5 Å². The zero-order chi connectivity index (χ0) is 20.1. The number of hydrogen-bond donors (Lipinski definition) is 2. The number of rotatable bonds is 6. The van der Waals surface area contributed by atoms with E-state index in [0.29, 0.717) is 18.8 Å². The summed E-state index contributed by atoms with van der Waals surface area (Å²) in [5.74, 6) is -1.05. The van der Waals surface area contributed by atoms with Gasteiger partial charge in [-0.15, -0.1) is 0 Å². The molecule has 1 aliphatic heterocycles. The number of nitrogens with zero attached hydrogens (tertiary/aromatic N) is 1. The van der Waals surface area contributed by atoms with Gasteiger partial charge in [-0.3, -0.25) is 14.4 Å². The van der Waals surface area contributed by atoms with E-state index < -0.39 is 5.92 Å². The summed E-state index contributed by atoms with van der Waals surface area (Å²) >= 11 is 3.38. The second-order valence-electron chi connectivity index (χ2n) is 6.89. The molecule has 1 aliphatic rings. The van der Waals surface area contributed by atoms with Crippen LogP contribution in [0.4, 0.5) is 5.69 Å². The summed E-state index contributed by atoms with van der Waals surface area (Å²) < 4.78 is 0.933. The van der Waals surface area contributed by atoms with Gasteiger partial charge in [-0.25, -0.2) is 0 Å². The summed E-state index contributed by atoms with van der Waals surface area (Å²) in [5.41, 5.74) is 2.65. The van der Waals surface area contributed by atoms with Crippen LogP contribution in [-0.4, -0.2) is 35.7 Å². The van der Waals surface area contributed by atoms with Gasteiger partial charge in [0.05, 0.1) is 12.5 Å². The first-order valence-corrected chi connectivity index (χ1v) is 9.87. The summed E-state index contributed by atoms with van der Waals surface area (Å²) in [6.07, 6.45) is 0.173. The van der Waals surface area contributed by atoms with Crippen molar-refractivity contribution >= 4 is 39.3 Å². The molecule has 1 heterocycles. The fraction of sp³-hybridized carbons (Fsp3) is 0.286. The van der Waals surface area contributed by atoms with Gasteiger partial charge in [-0.05, 0) is 36.2 Å². The second kappa shape index (κ2) is 9.01. The van der Waals surface area contributed by atoms with Crippen LogP contribution >= 0.6 is 15.9 Å². The zero-order valence-corrected chi connectivity index (χ0v) is 17.2. The number of halogens is 1. The summed E-state index contributed by atoms with van der Waals surface area (Å²) in [4.78, 5) is 38.4. The Labute approximate surface area is 172 Å². The van der Waals surface area contributed by atoms with Crippen molar-refractivity contribution in [1.29, 1.82) is 0 Å². The van der Waals surface area contributed by atoms with Crippen LogP contribution < -0.4 is 10.6 Å². The van der Waals surface area contributed by atoms with Crippen molar-refractivity contribution < 1.29 is 14.4 Å². The van der Waals surface area contributed by atoms with Gasteiger partial charge >= 0.3 is 0 Å². The van der Waals surface area contributed by atoms with E-state index in [1.807, 2.05) is 49.4 Å². The average Bonchev–Trinajstić information content (AvgIpc) is 3.03. The third-order valence-corrected chi connectivity index (χ3v) is 5.18. The van der Waals surface area contributed by atoms with Crippen LogP contribution in [0.1, 0.15) is 17.5 Å². The van der Waals surface area contributed by atoms with E-state index in [1.165, 1.54) is 0 Å². The molecule has 146 valence electrons. The maximum atomic E-state index is 12.4. The monoisotopic (exact) mass is 443 g/mol. The van der Waals surface area contributed by atoms with E-state index in [9.17, 15) is 14.4 Å². The number of carbonyl (C=O) groups is 3. The van der Waals surface area contributed by atoms with Crippen LogP contribution in [0.5, 0.6) is 0 Å². The Morgan fingerprint density at radius 1 is 1.18 bits per heavy atom. The molecule has 3 rings (SSSR count). The Morgan fingerprint density at radius 3 is 2.64 bits per heavy atom. The predicted molar refractivity (Wildman–Crippen MR) is 110 cm³/mol. The number of aryl methyl sites for hydroxylation is 1. The fourth-order valence-corrected chi connectivity index (χ4v) is 3.65. The molecule has 0 unspecified atom stereocenters. The minimum absolute atomic E-state index is 0.0426. The number of hydrogen-bond acceptors (Lipinski definition) is 3. The first-order chi connectivity index (χ1) is 13.4. The van der Waals surface area contributed by atoms with Gasteiger partial charge in [-0.2, -0.15) is 0 Å². The van der Waals surface area contributed by atoms with Gasteiger partial charge in [0.15, 0.2) is 0 Å². The van der Waals surface area contributed by atoms with Crippen molar-refractivity contribution in [3.8, 4) is 0 Å². The normalized spacial score (nSPS) is 16.1. The number of nitrogens with one attached hydrogen (secondary N) is 2. The minimum atomic E-state index is -0.432. The smallest absolute Gasteiger partial charge is 0.243 e. The highest BCUT2D eigenvalue weighted by Crippen LogP contribution is 2.21. The molecule has 2 aromatic rings. The van der Waals surface area contributed by atoms with Crippen molar-refractivity contribution in [3.63, 3.8) is 0 Å². The van der Waals surface area contributed by atoms with E-state index in [0.717, 1.165) is 15.6 Å². The number of likely N-dealkylation sites (tertiary alicyclic amines) is 1. The molecule has 1 saturated heterocycles. The molecule has 0 spiro atoms. The molecule has 0 saturated carbocycles. The third kappa shape index (κ3) is 5.19. The van der Waals surface area contributed by atoms with E-state index in [4.69, 9.17) is 0 Å². The van der Waals surface area contributed by atoms with Gasteiger partial charge in [0.1, 0.15) is 0 Å². The number of carbonyl (C=O) groups excluding carboxylic acids is 3. The molecular weight excluding hydrogens is 422 g/mol. The molecule has 0 aromatic heterocycles. The SMILES string of the molecule is Cc1cc(Br)ccc1NC(=O)CNC(=O)[C@@H]1CC(=O)N(Cc2ccccc2)C1. The molecule has 7 heteroatoms. The molecule has 6 nitrogen and oxygen atoms in total. The lowest BCUT2D eigenvalue weighted by molar-refractivity contribution is -0.129. The average molecular weight is 444 g/mol. The summed E-state index contributed by atoms with van der Waals surface area (Å²) in [7, 11) is 0. The van der Waals surface area contributed by atoms with E-state index in [1.54, 1.807) is 11.0 Å². The van der Waals surface area contributed by atoms with Gasteiger partial charge in [0, 0.05) is 29.7 Å². The number of anilines is 1. The number of amides is 3. The molecular formula is C21H22BrN3O3. The molecule has 0 bridgehead atoms. The van der Waals surface area contributed by atoms with Gasteiger partial charge in [0.2, 0.25) is 17.7 Å². The number of benzene rings is 2. The van der Waals surface area contributed by atoms with E-state index in [-0.39, 0.29) is 30.7 Å². The van der Waals surface area contributed by atoms with Crippen LogP contribution in [0.3, 0.4) is 0 Å². The molecule has 28 heavy (non-hydrogen) atoms. The highest BCUT2D eigenvalue weighted by molar-refractivity contribution is 9.10. The fourth-order valence-electron chi connectivity index (χ4n) is 3.18. The lowest BCUT2D eigenvalue weighted by Crippen LogP contribution is -2.37. The second-order valence-corrected chi connectivity index (χ2v) is 7.80. The van der Waals surface area contributed by atoms with Crippen LogP contribution in [0.2, 0.25) is 0 Å². The molecule has 2 aromatic carbocycles.